The number of hydrogen-bond donors (Lipinski definition) is 2. The van der Waals surface area contributed by atoms with Crippen LogP contribution in [0.1, 0.15) is 85.0 Å². The van der Waals surface area contributed by atoms with Crippen molar-refractivity contribution in [1.29, 1.82) is 0 Å². The summed E-state index contributed by atoms with van der Waals surface area (Å²) in [6, 6.07) is 8.82. The average molecular weight is 501 g/mol. The highest BCUT2D eigenvalue weighted by Gasteiger charge is 2.58. The molecule has 3 saturated carbocycles. The normalized spacial score (nSPS) is 40.7. The monoisotopic (exact) mass is 500 g/mol. The van der Waals surface area contributed by atoms with Crippen molar-refractivity contribution in [2.24, 2.45) is 34.5 Å². The highest BCUT2D eigenvalue weighted by Crippen LogP contribution is 2.67. The van der Waals surface area contributed by atoms with Crippen LogP contribution in [0.25, 0.3) is 0 Å². The predicted molar refractivity (Wildman–Crippen MR) is 140 cm³/mol. The number of hydrogen-bond acceptors (Lipinski definition) is 4. The third kappa shape index (κ3) is 4.34. The number of rotatable bonds is 6. The van der Waals surface area contributed by atoms with Gasteiger partial charge < -0.3 is 10.2 Å². The molecule has 0 aliphatic heterocycles. The number of aliphatic hydroxyl groups is 2. The quantitative estimate of drug-likeness (QED) is 0.475. The first kappa shape index (κ1) is 25.5. The summed E-state index contributed by atoms with van der Waals surface area (Å²) in [6.07, 6.45) is 11.3. The van der Waals surface area contributed by atoms with Crippen LogP contribution in [0, 0.1) is 34.5 Å². The van der Waals surface area contributed by atoms with E-state index in [1.807, 2.05) is 6.07 Å². The molecule has 2 N–H and O–H groups in total. The minimum absolute atomic E-state index is 0.167. The molecular formula is C30H44O4S. The molecule has 9 atom stereocenters. The van der Waals surface area contributed by atoms with Crippen molar-refractivity contribution in [3.63, 3.8) is 0 Å². The summed E-state index contributed by atoms with van der Waals surface area (Å²) < 4.78 is 27.3. The van der Waals surface area contributed by atoms with Gasteiger partial charge in [0.15, 0.2) is 9.84 Å². The maximum absolute atomic E-state index is 13.6. The molecule has 7 unspecified atom stereocenters. The van der Waals surface area contributed by atoms with Crippen LogP contribution < -0.4 is 0 Å². The van der Waals surface area contributed by atoms with Gasteiger partial charge in [-0.25, -0.2) is 8.42 Å². The highest BCUT2D eigenvalue weighted by atomic mass is 32.2. The smallest absolute Gasteiger partial charge is 0.181 e. The Kier molecular flexibility index (Phi) is 6.76. The van der Waals surface area contributed by atoms with E-state index in [-0.39, 0.29) is 16.9 Å². The molecule has 0 bridgehead atoms. The van der Waals surface area contributed by atoms with Gasteiger partial charge in [-0.05, 0) is 118 Å². The van der Waals surface area contributed by atoms with Crippen LogP contribution in [0.15, 0.2) is 46.9 Å². The van der Waals surface area contributed by atoms with Crippen LogP contribution in [0.5, 0.6) is 0 Å². The Morgan fingerprint density at radius 2 is 1.77 bits per heavy atom. The Morgan fingerprint density at radius 3 is 2.49 bits per heavy atom. The van der Waals surface area contributed by atoms with Gasteiger partial charge in [0.05, 0.1) is 22.4 Å². The first-order valence-corrected chi connectivity index (χ1v) is 15.4. The molecule has 4 aliphatic rings. The van der Waals surface area contributed by atoms with Crippen molar-refractivity contribution in [2.75, 3.05) is 0 Å². The summed E-state index contributed by atoms with van der Waals surface area (Å²) in [5, 5.41) is 20.0. The summed E-state index contributed by atoms with van der Waals surface area (Å²) in [4.78, 5) is 0.381. The third-order valence-electron chi connectivity index (χ3n) is 10.9. The van der Waals surface area contributed by atoms with Crippen molar-refractivity contribution in [3.05, 3.63) is 42.0 Å². The van der Waals surface area contributed by atoms with Crippen LogP contribution in [-0.4, -0.2) is 36.1 Å². The van der Waals surface area contributed by atoms with Gasteiger partial charge in [-0.3, -0.25) is 0 Å². The summed E-state index contributed by atoms with van der Waals surface area (Å²) in [5.41, 5.74) is 1.90. The van der Waals surface area contributed by atoms with Crippen LogP contribution in [0.3, 0.4) is 0 Å². The van der Waals surface area contributed by atoms with Gasteiger partial charge in [-0.1, -0.05) is 43.7 Å². The standard InChI is InChI=1S/C30H44O4S/c1-20(31)17-25(35(33,34)24-7-5-4-6-8-24)19-22-10-12-27-26-11-9-21-18-23(32)13-15-29(21,2)28(26)14-16-30(22,27)3/h4-9,20,22-23,25-28,31-32H,10-19H2,1-3H3/t20-,22?,23?,25?,26?,27?,28?,29?,30-/m1/s1. The zero-order valence-corrected chi connectivity index (χ0v) is 22.5. The molecule has 0 spiro atoms. The largest absolute Gasteiger partial charge is 0.393 e. The summed E-state index contributed by atoms with van der Waals surface area (Å²) in [5.74, 6) is 2.37. The van der Waals surface area contributed by atoms with Crippen molar-refractivity contribution in [2.45, 2.75) is 107 Å². The Bertz CT molecular complexity index is 1050. The number of sulfone groups is 1. The second kappa shape index (κ2) is 9.29. The van der Waals surface area contributed by atoms with E-state index in [1.54, 1.807) is 31.2 Å². The second-order valence-electron chi connectivity index (χ2n) is 12.8. The molecule has 1 aromatic carbocycles. The fraction of sp³-hybridized carbons (Fsp3) is 0.733. The second-order valence-corrected chi connectivity index (χ2v) is 15.0. The first-order valence-electron chi connectivity index (χ1n) is 13.9. The lowest BCUT2D eigenvalue weighted by Crippen LogP contribution is -2.50. The van der Waals surface area contributed by atoms with E-state index >= 15 is 0 Å². The molecule has 0 amide bonds. The maximum atomic E-state index is 13.6. The van der Waals surface area contributed by atoms with Gasteiger partial charge in [-0.15, -0.1) is 0 Å². The lowest BCUT2D eigenvalue weighted by molar-refractivity contribution is -0.0509. The lowest BCUT2D eigenvalue weighted by atomic mass is 9.47. The molecule has 1 aromatic rings. The average Bonchev–Trinajstić information content (AvgIpc) is 3.15. The lowest BCUT2D eigenvalue weighted by Gasteiger charge is -2.58. The Labute approximate surface area is 212 Å². The van der Waals surface area contributed by atoms with Crippen molar-refractivity contribution >= 4 is 9.84 Å². The first-order chi connectivity index (χ1) is 16.6. The summed E-state index contributed by atoms with van der Waals surface area (Å²) >= 11 is 0. The molecule has 4 nitrogen and oxygen atoms in total. The van der Waals surface area contributed by atoms with Gasteiger partial charge in [0.2, 0.25) is 0 Å². The predicted octanol–water partition coefficient (Wildman–Crippen LogP) is 5.93. The van der Waals surface area contributed by atoms with Gasteiger partial charge in [0, 0.05) is 0 Å². The Hall–Kier alpha value is -1.17. The van der Waals surface area contributed by atoms with E-state index in [0.717, 1.165) is 32.1 Å². The maximum Gasteiger partial charge on any atom is 0.181 e. The van der Waals surface area contributed by atoms with E-state index in [9.17, 15) is 18.6 Å². The molecular weight excluding hydrogens is 456 g/mol. The molecule has 0 heterocycles. The minimum Gasteiger partial charge on any atom is -0.393 e. The Morgan fingerprint density at radius 1 is 1.03 bits per heavy atom. The number of benzene rings is 1. The van der Waals surface area contributed by atoms with E-state index in [2.05, 4.69) is 19.9 Å². The number of allylic oxidation sites excluding steroid dienone is 1. The van der Waals surface area contributed by atoms with E-state index < -0.39 is 21.2 Å². The number of aliphatic hydroxyl groups excluding tert-OH is 2. The molecule has 194 valence electrons. The van der Waals surface area contributed by atoms with Gasteiger partial charge >= 0.3 is 0 Å². The van der Waals surface area contributed by atoms with Crippen LogP contribution >= 0.6 is 0 Å². The topological polar surface area (TPSA) is 74.6 Å². The molecule has 3 fully saturated rings. The number of fused-ring (bicyclic) bond motifs is 5. The molecule has 5 heteroatoms. The van der Waals surface area contributed by atoms with Crippen LogP contribution in [0.2, 0.25) is 0 Å². The molecule has 0 saturated heterocycles. The fourth-order valence-corrected chi connectivity index (χ4v) is 10.9. The zero-order valence-electron chi connectivity index (χ0n) is 21.7. The fourth-order valence-electron chi connectivity index (χ4n) is 8.99. The SMILES string of the molecule is C[C@@H](O)CC(CC1CCC2C3CC=C4CC(O)CCC4(C)C3CC[C@]12C)S(=O)(=O)c1ccccc1. The van der Waals surface area contributed by atoms with Gasteiger partial charge in [0.25, 0.3) is 0 Å². The highest BCUT2D eigenvalue weighted by molar-refractivity contribution is 7.92. The van der Waals surface area contributed by atoms with Gasteiger partial charge in [0.1, 0.15) is 0 Å². The zero-order chi connectivity index (χ0) is 25.0. The molecule has 0 radical (unpaired) electrons. The summed E-state index contributed by atoms with van der Waals surface area (Å²) in [6.45, 7) is 6.62. The molecule has 5 rings (SSSR count). The van der Waals surface area contributed by atoms with Crippen molar-refractivity contribution in [1.82, 2.24) is 0 Å². The molecule has 35 heavy (non-hydrogen) atoms. The Balaban J connectivity index is 1.39. The van der Waals surface area contributed by atoms with E-state index in [4.69, 9.17) is 0 Å². The third-order valence-corrected chi connectivity index (χ3v) is 13.1. The van der Waals surface area contributed by atoms with Crippen molar-refractivity contribution in [3.8, 4) is 0 Å². The minimum atomic E-state index is -3.50. The van der Waals surface area contributed by atoms with E-state index in [1.165, 1.54) is 24.8 Å². The molecule has 4 aliphatic carbocycles. The van der Waals surface area contributed by atoms with Gasteiger partial charge in [-0.2, -0.15) is 0 Å². The molecule has 0 aromatic heterocycles. The van der Waals surface area contributed by atoms with Crippen LogP contribution in [0.4, 0.5) is 0 Å². The summed E-state index contributed by atoms with van der Waals surface area (Å²) in [7, 11) is -3.50. The van der Waals surface area contributed by atoms with Crippen molar-refractivity contribution < 1.29 is 18.6 Å². The van der Waals surface area contributed by atoms with E-state index in [0.29, 0.717) is 41.4 Å². The van der Waals surface area contributed by atoms with Crippen LogP contribution in [-0.2, 0) is 9.84 Å².